The van der Waals surface area contributed by atoms with Crippen LogP contribution < -0.4 is 5.32 Å². The van der Waals surface area contributed by atoms with Crippen molar-refractivity contribution in [3.63, 3.8) is 0 Å². The Kier molecular flexibility index (Phi) is 4.68. The van der Waals surface area contributed by atoms with Crippen molar-refractivity contribution in [2.75, 3.05) is 18.5 Å². The molecule has 0 amide bonds. The Hall–Kier alpha value is -1.16. The van der Waals surface area contributed by atoms with Crippen molar-refractivity contribution in [1.82, 2.24) is 0 Å². The lowest BCUT2D eigenvalue weighted by Gasteiger charge is -2.16. The number of halogens is 2. The maximum Gasteiger partial charge on any atom is 0.161 e. The molecule has 1 aromatic rings. The molecule has 0 fully saturated rings. The fourth-order valence-corrected chi connectivity index (χ4v) is 1.55. The number of anilines is 1. The number of hydrogen-bond acceptors (Lipinski definition) is 4. The van der Waals surface area contributed by atoms with Gasteiger partial charge in [0.2, 0.25) is 0 Å². The van der Waals surface area contributed by atoms with E-state index in [4.69, 9.17) is 15.5 Å². The minimum Gasteiger partial charge on any atom is -0.394 e. The van der Waals surface area contributed by atoms with Crippen LogP contribution in [-0.2, 0) is 0 Å². The zero-order chi connectivity index (χ0) is 12.1. The molecule has 3 N–H and O–H groups in total. The van der Waals surface area contributed by atoms with Crippen LogP contribution >= 0.6 is 15.9 Å². The smallest absolute Gasteiger partial charge is 0.161 e. The Morgan fingerprint density at radius 2 is 2.06 bits per heavy atom. The summed E-state index contributed by atoms with van der Waals surface area (Å²) in [5.41, 5.74) is 0.312. The lowest BCUT2D eigenvalue weighted by atomic mass is 10.2. The van der Waals surface area contributed by atoms with Crippen LogP contribution in [0.25, 0.3) is 0 Å². The molecule has 0 atom stereocenters. The number of nitrogens with one attached hydrogen (secondary N) is 1. The summed E-state index contributed by atoms with van der Waals surface area (Å²) in [6.45, 7) is -0.624. The average Bonchev–Trinajstić information content (AvgIpc) is 2.31. The van der Waals surface area contributed by atoms with Gasteiger partial charge >= 0.3 is 0 Å². The minimum absolute atomic E-state index is 0.0645. The molecule has 0 saturated carbocycles. The molecule has 6 heteroatoms. The third-order valence-corrected chi connectivity index (χ3v) is 2.78. The lowest BCUT2D eigenvalue weighted by molar-refractivity contribution is 0.203. The summed E-state index contributed by atoms with van der Waals surface area (Å²) in [7, 11) is 0. The Morgan fingerprint density at radius 1 is 1.44 bits per heavy atom. The minimum atomic E-state index is -0.630. The average molecular weight is 289 g/mol. The molecule has 0 heterocycles. The first kappa shape index (κ1) is 12.9. The van der Waals surface area contributed by atoms with E-state index in [2.05, 4.69) is 21.2 Å². The van der Waals surface area contributed by atoms with Crippen LogP contribution in [0.5, 0.6) is 0 Å². The van der Waals surface area contributed by atoms with Gasteiger partial charge in [0, 0.05) is 0 Å². The Morgan fingerprint density at radius 3 is 2.56 bits per heavy atom. The molecule has 0 aliphatic carbocycles. The summed E-state index contributed by atoms with van der Waals surface area (Å²) in [4.78, 5) is 0. The highest BCUT2D eigenvalue weighted by Crippen LogP contribution is 2.26. The fraction of sp³-hybridized carbons (Fsp3) is 0.300. The molecule has 0 radical (unpaired) electrons. The van der Waals surface area contributed by atoms with Gasteiger partial charge in [0.05, 0.1) is 35.0 Å². The van der Waals surface area contributed by atoms with E-state index in [0.29, 0.717) is 0 Å². The highest BCUT2D eigenvalue weighted by molar-refractivity contribution is 9.10. The van der Waals surface area contributed by atoms with E-state index in [0.717, 1.165) is 0 Å². The van der Waals surface area contributed by atoms with Gasteiger partial charge in [-0.15, -0.1) is 0 Å². The third-order valence-electron chi connectivity index (χ3n) is 2.00. The molecule has 0 unspecified atom stereocenters. The van der Waals surface area contributed by atoms with E-state index < -0.39 is 11.9 Å². The number of nitrogens with zero attached hydrogens (tertiary/aromatic N) is 1. The van der Waals surface area contributed by atoms with Crippen molar-refractivity contribution in [1.29, 1.82) is 5.26 Å². The van der Waals surface area contributed by atoms with Crippen LogP contribution in [0.15, 0.2) is 16.6 Å². The topological polar surface area (TPSA) is 76.3 Å². The summed E-state index contributed by atoms with van der Waals surface area (Å²) in [6.07, 6.45) is 0. The summed E-state index contributed by atoms with van der Waals surface area (Å²) >= 11 is 2.96. The monoisotopic (exact) mass is 288 g/mol. The Bertz CT molecular complexity index is 416. The van der Waals surface area contributed by atoms with E-state index in [9.17, 15) is 4.39 Å². The molecule has 0 spiro atoms. The third kappa shape index (κ3) is 2.70. The molecule has 0 aliphatic heterocycles. The standard InChI is InChI=1S/C10H10BrFN2O2/c11-9-6(3-13)1-2-8(10(9)12)14-7(4-15)5-16/h1-2,7,14-16H,4-5H2. The molecule has 16 heavy (non-hydrogen) atoms. The second-order valence-corrected chi connectivity index (χ2v) is 3.90. The van der Waals surface area contributed by atoms with E-state index >= 15 is 0 Å². The van der Waals surface area contributed by atoms with Crippen LogP contribution in [0.2, 0.25) is 0 Å². The summed E-state index contributed by atoms with van der Waals surface area (Å²) in [6, 6.07) is 4.03. The fourth-order valence-electron chi connectivity index (χ4n) is 1.12. The van der Waals surface area contributed by atoms with Crippen molar-refractivity contribution in [2.45, 2.75) is 6.04 Å². The van der Waals surface area contributed by atoms with Gasteiger partial charge in [-0.25, -0.2) is 4.39 Å². The van der Waals surface area contributed by atoms with Crippen molar-refractivity contribution < 1.29 is 14.6 Å². The van der Waals surface area contributed by atoms with E-state index in [1.807, 2.05) is 6.07 Å². The first-order valence-electron chi connectivity index (χ1n) is 4.50. The number of hydrogen-bond donors (Lipinski definition) is 3. The molecule has 0 bridgehead atoms. The van der Waals surface area contributed by atoms with Crippen LogP contribution in [0.3, 0.4) is 0 Å². The van der Waals surface area contributed by atoms with E-state index in [1.165, 1.54) is 12.1 Å². The molecule has 1 rings (SSSR count). The molecular formula is C10H10BrFN2O2. The van der Waals surface area contributed by atoms with Gasteiger partial charge in [-0.2, -0.15) is 5.26 Å². The number of nitriles is 1. The lowest BCUT2D eigenvalue weighted by Crippen LogP contribution is -2.28. The second-order valence-electron chi connectivity index (χ2n) is 3.11. The zero-order valence-electron chi connectivity index (χ0n) is 8.24. The maximum atomic E-state index is 13.7. The Balaban J connectivity index is 2.99. The van der Waals surface area contributed by atoms with Gasteiger partial charge in [0.15, 0.2) is 5.82 Å². The molecule has 4 nitrogen and oxygen atoms in total. The molecule has 0 aromatic heterocycles. The van der Waals surface area contributed by atoms with Crippen molar-refractivity contribution >= 4 is 21.6 Å². The predicted octanol–water partition coefficient (Wildman–Crippen LogP) is 1.22. The van der Waals surface area contributed by atoms with Crippen LogP contribution in [-0.4, -0.2) is 29.5 Å². The zero-order valence-corrected chi connectivity index (χ0v) is 9.83. The summed E-state index contributed by atoms with van der Waals surface area (Å²) < 4.78 is 13.7. The van der Waals surface area contributed by atoms with Gasteiger partial charge in [-0.1, -0.05) is 0 Å². The highest BCUT2D eigenvalue weighted by atomic mass is 79.9. The van der Waals surface area contributed by atoms with Crippen molar-refractivity contribution in [2.24, 2.45) is 0 Å². The van der Waals surface area contributed by atoms with Crippen molar-refractivity contribution in [3.8, 4) is 6.07 Å². The second kappa shape index (κ2) is 5.80. The SMILES string of the molecule is N#Cc1ccc(NC(CO)CO)c(F)c1Br. The van der Waals surface area contributed by atoms with E-state index in [-0.39, 0.29) is 28.9 Å². The van der Waals surface area contributed by atoms with Gasteiger partial charge in [-0.05, 0) is 28.1 Å². The van der Waals surface area contributed by atoms with Crippen LogP contribution in [0.4, 0.5) is 10.1 Å². The number of benzene rings is 1. The number of rotatable bonds is 4. The number of aliphatic hydroxyl groups is 2. The van der Waals surface area contributed by atoms with Crippen LogP contribution in [0.1, 0.15) is 5.56 Å². The predicted molar refractivity (Wildman–Crippen MR) is 60.4 cm³/mol. The van der Waals surface area contributed by atoms with Gasteiger partial charge in [-0.3, -0.25) is 0 Å². The van der Waals surface area contributed by atoms with Gasteiger partial charge in [0.1, 0.15) is 6.07 Å². The quantitative estimate of drug-likeness (QED) is 0.779. The van der Waals surface area contributed by atoms with Crippen molar-refractivity contribution in [3.05, 3.63) is 28.0 Å². The summed E-state index contributed by atoms with van der Waals surface area (Å²) in [5.74, 6) is -0.619. The van der Waals surface area contributed by atoms with E-state index in [1.54, 1.807) is 0 Å². The molecule has 0 aliphatic rings. The Labute approximate surface area is 100 Å². The van der Waals surface area contributed by atoms with Gasteiger partial charge in [0.25, 0.3) is 0 Å². The van der Waals surface area contributed by atoms with Gasteiger partial charge < -0.3 is 15.5 Å². The first-order chi connectivity index (χ1) is 7.63. The number of aliphatic hydroxyl groups excluding tert-OH is 2. The summed E-state index contributed by atoms with van der Waals surface area (Å²) in [5, 5.41) is 29.0. The maximum absolute atomic E-state index is 13.7. The highest BCUT2D eigenvalue weighted by Gasteiger charge is 2.13. The molecule has 1 aromatic carbocycles. The normalized spacial score (nSPS) is 10.2. The molecule has 86 valence electrons. The van der Waals surface area contributed by atoms with Crippen LogP contribution in [0, 0.1) is 17.1 Å². The molecule has 0 saturated heterocycles. The molecular weight excluding hydrogens is 279 g/mol. The largest absolute Gasteiger partial charge is 0.394 e. The first-order valence-corrected chi connectivity index (χ1v) is 5.29.